The summed E-state index contributed by atoms with van der Waals surface area (Å²) in [4.78, 5) is 4.91. The summed E-state index contributed by atoms with van der Waals surface area (Å²) in [7, 11) is 4.30. The molecule has 1 aliphatic heterocycles. The van der Waals surface area contributed by atoms with E-state index in [9.17, 15) is 0 Å². The number of piperazine rings is 1. The smallest absolute Gasteiger partial charge is 0.0353 e. The molecule has 14 heavy (non-hydrogen) atoms. The van der Waals surface area contributed by atoms with Crippen molar-refractivity contribution >= 4 is 0 Å². The molecule has 0 aromatic heterocycles. The molecule has 1 heterocycles. The lowest BCUT2D eigenvalue weighted by molar-refractivity contribution is 0.0578. The quantitative estimate of drug-likeness (QED) is 0.719. The molecule has 0 radical (unpaired) electrons. The Morgan fingerprint density at radius 1 is 1.36 bits per heavy atom. The van der Waals surface area contributed by atoms with Gasteiger partial charge < -0.3 is 10.2 Å². The van der Waals surface area contributed by atoms with E-state index in [1.807, 2.05) is 0 Å². The monoisotopic (exact) mass is 199 g/mol. The molecule has 1 saturated heterocycles. The van der Waals surface area contributed by atoms with Crippen LogP contribution in [0.5, 0.6) is 0 Å². The molecule has 0 saturated carbocycles. The fourth-order valence-electron chi connectivity index (χ4n) is 2.54. The van der Waals surface area contributed by atoms with Crippen molar-refractivity contribution in [3.63, 3.8) is 0 Å². The van der Waals surface area contributed by atoms with Crippen LogP contribution in [0.2, 0.25) is 0 Å². The van der Waals surface area contributed by atoms with Crippen LogP contribution in [0.1, 0.15) is 20.8 Å². The average Bonchev–Trinajstić information content (AvgIpc) is 2.01. The Bertz CT molecular complexity index is 168. The van der Waals surface area contributed by atoms with Gasteiger partial charge in [-0.15, -0.1) is 0 Å². The lowest BCUT2D eigenvalue weighted by atomic mass is 10.1. The van der Waals surface area contributed by atoms with E-state index in [0.29, 0.717) is 18.1 Å². The van der Waals surface area contributed by atoms with Crippen molar-refractivity contribution in [3.05, 3.63) is 0 Å². The number of likely N-dealkylation sites (N-methyl/N-ethyl adjacent to an activating group) is 1. The Labute approximate surface area is 88.5 Å². The molecule has 1 fully saturated rings. The minimum atomic E-state index is 0.650. The van der Waals surface area contributed by atoms with E-state index < -0.39 is 0 Å². The highest BCUT2D eigenvalue weighted by atomic mass is 15.3. The molecular formula is C11H25N3. The first-order chi connectivity index (χ1) is 6.52. The van der Waals surface area contributed by atoms with Gasteiger partial charge in [0.15, 0.2) is 0 Å². The highest BCUT2D eigenvalue weighted by Crippen LogP contribution is 2.14. The summed E-state index contributed by atoms with van der Waals surface area (Å²) < 4.78 is 0. The fraction of sp³-hybridized carbons (Fsp3) is 1.00. The molecule has 1 N–H and O–H groups in total. The van der Waals surface area contributed by atoms with Gasteiger partial charge in [0, 0.05) is 37.8 Å². The Balaban J connectivity index is 2.60. The van der Waals surface area contributed by atoms with Gasteiger partial charge in [-0.25, -0.2) is 0 Å². The van der Waals surface area contributed by atoms with Gasteiger partial charge in [0.1, 0.15) is 0 Å². The first kappa shape index (κ1) is 12.0. The molecule has 3 nitrogen and oxygen atoms in total. The second-order valence-corrected chi connectivity index (χ2v) is 4.96. The van der Waals surface area contributed by atoms with Gasteiger partial charge in [-0.05, 0) is 34.9 Å². The van der Waals surface area contributed by atoms with Crippen molar-refractivity contribution in [2.24, 2.45) is 0 Å². The third-order valence-corrected chi connectivity index (χ3v) is 2.92. The van der Waals surface area contributed by atoms with E-state index in [2.05, 4.69) is 50.0 Å². The van der Waals surface area contributed by atoms with Gasteiger partial charge in [-0.2, -0.15) is 0 Å². The highest BCUT2D eigenvalue weighted by molar-refractivity contribution is 4.88. The standard InChI is InChI=1S/C11H25N3/c1-9(2)14-10(3)6-12-7-11(14)8-13(4)5/h9-12H,6-8H2,1-5H3. The van der Waals surface area contributed by atoms with Crippen molar-refractivity contribution in [2.45, 2.75) is 38.9 Å². The fourth-order valence-corrected chi connectivity index (χ4v) is 2.54. The number of hydrogen-bond acceptors (Lipinski definition) is 3. The molecule has 0 amide bonds. The molecule has 84 valence electrons. The largest absolute Gasteiger partial charge is 0.314 e. The zero-order valence-corrected chi connectivity index (χ0v) is 10.2. The predicted molar refractivity (Wildman–Crippen MR) is 61.6 cm³/mol. The zero-order valence-electron chi connectivity index (χ0n) is 10.2. The molecule has 0 aromatic carbocycles. The minimum absolute atomic E-state index is 0.650. The van der Waals surface area contributed by atoms with Crippen LogP contribution in [0.4, 0.5) is 0 Å². The Kier molecular flexibility index (Phi) is 4.35. The maximum atomic E-state index is 3.51. The summed E-state index contributed by atoms with van der Waals surface area (Å²) in [6.45, 7) is 10.3. The third-order valence-electron chi connectivity index (χ3n) is 2.92. The number of rotatable bonds is 3. The average molecular weight is 199 g/mol. The highest BCUT2D eigenvalue weighted by Gasteiger charge is 2.29. The maximum Gasteiger partial charge on any atom is 0.0353 e. The van der Waals surface area contributed by atoms with E-state index in [1.165, 1.54) is 0 Å². The van der Waals surface area contributed by atoms with Crippen LogP contribution in [-0.4, -0.2) is 61.7 Å². The van der Waals surface area contributed by atoms with Crippen molar-refractivity contribution in [1.82, 2.24) is 15.1 Å². The number of nitrogens with one attached hydrogen (secondary N) is 1. The first-order valence-electron chi connectivity index (χ1n) is 5.65. The molecule has 0 aliphatic carbocycles. The van der Waals surface area contributed by atoms with E-state index in [-0.39, 0.29) is 0 Å². The molecule has 2 unspecified atom stereocenters. The van der Waals surface area contributed by atoms with Crippen molar-refractivity contribution in [2.75, 3.05) is 33.7 Å². The topological polar surface area (TPSA) is 18.5 Å². The molecule has 1 aliphatic rings. The third kappa shape index (κ3) is 2.94. The van der Waals surface area contributed by atoms with Crippen LogP contribution in [0.15, 0.2) is 0 Å². The Morgan fingerprint density at radius 2 is 2.00 bits per heavy atom. The second-order valence-electron chi connectivity index (χ2n) is 4.96. The van der Waals surface area contributed by atoms with Crippen molar-refractivity contribution in [3.8, 4) is 0 Å². The van der Waals surface area contributed by atoms with Crippen LogP contribution in [-0.2, 0) is 0 Å². The molecule has 0 spiro atoms. The Morgan fingerprint density at radius 3 is 2.50 bits per heavy atom. The minimum Gasteiger partial charge on any atom is -0.314 e. The summed E-state index contributed by atoms with van der Waals surface area (Å²) in [5, 5.41) is 3.51. The van der Waals surface area contributed by atoms with Gasteiger partial charge in [-0.3, -0.25) is 4.90 Å². The number of hydrogen-bond donors (Lipinski definition) is 1. The number of nitrogens with zero attached hydrogens (tertiary/aromatic N) is 2. The van der Waals surface area contributed by atoms with Crippen LogP contribution in [0, 0.1) is 0 Å². The lowest BCUT2D eigenvalue weighted by Crippen LogP contribution is -2.61. The van der Waals surface area contributed by atoms with Crippen molar-refractivity contribution < 1.29 is 0 Å². The van der Waals surface area contributed by atoms with Gasteiger partial charge >= 0.3 is 0 Å². The Hall–Kier alpha value is -0.120. The molecule has 2 atom stereocenters. The van der Waals surface area contributed by atoms with Crippen LogP contribution in [0.25, 0.3) is 0 Å². The summed E-state index contributed by atoms with van der Waals surface area (Å²) in [6, 6.07) is 1.97. The van der Waals surface area contributed by atoms with Gasteiger partial charge in [0.05, 0.1) is 0 Å². The summed E-state index contributed by atoms with van der Waals surface area (Å²) in [5.41, 5.74) is 0. The van der Waals surface area contributed by atoms with Crippen molar-refractivity contribution in [1.29, 1.82) is 0 Å². The van der Waals surface area contributed by atoms with E-state index in [1.54, 1.807) is 0 Å². The van der Waals surface area contributed by atoms with E-state index in [0.717, 1.165) is 19.6 Å². The molecule has 0 bridgehead atoms. The van der Waals surface area contributed by atoms with Gasteiger partial charge in [0.2, 0.25) is 0 Å². The van der Waals surface area contributed by atoms with E-state index >= 15 is 0 Å². The maximum absolute atomic E-state index is 3.51. The first-order valence-corrected chi connectivity index (χ1v) is 5.65. The van der Waals surface area contributed by atoms with Gasteiger partial charge in [0.25, 0.3) is 0 Å². The zero-order chi connectivity index (χ0) is 10.7. The summed E-state index contributed by atoms with van der Waals surface area (Å²) in [5.74, 6) is 0. The lowest BCUT2D eigenvalue weighted by Gasteiger charge is -2.44. The second kappa shape index (κ2) is 5.10. The summed E-state index contributed by atoms with van der Waals surface area (Å²) >= 11 is 0. The normalized spacial score (nSPS) is 30.2. The van der Waals surface area contributed by atoms with Crippen LogP contribution >= 0.6 is 0 Å². The van der Waals surface area contributed by atoms with Crippen LogP contribution < -0.4 is 5.32 Å². The van der Waals surface area contributed by atoms with E-state index in [4.69, 9.17) is 0 Å². The SMILES string of the molecule is CC(C)N1C(C)CNCC1CN(C)C. The molecular weight excluding hydrogens is 174 g/mol. The molecule has 1 rings (SSSR count). The molecule has 3 heteroatoms. The summed E-state index contributed by atoms with van der Waals surface area (Å²) in [6.07, 6.45) is 0. The molecule has 0 aromatic rings. The predicted octanol–water partition coefficient (Wildman–Crippen LogP) is 0.619. The van der Waals surface area contributed by atoms with Crippen LogP contribution in [0.3, 0.4) is 0 Å². The van der Waals surface area contributed by atoms with Gasteiger partial charge in [-0.1, -0.05) is 0 Å².